The summed E-state index contributed by atoms with van der Waals surface area (Å²) in [5.74, 6) is 0.799. The number of hydrogen-bond donors (Lipinski definition) is 3. The van der Waals surface area contributed by atoms with Crippen LogP contribution in [0.1, 0.15) is 52.2 Å². The van der Waals surface area contributed by atoms with E-state index in [0.717, 1.165) is 23.3 Å². The number of H-pyrrole nitrogens is 1. The maximum absolute atomic E-state index is 12.9. The van der Waals surface area contributed by atoms with Crippen LogP contribution < -0.4 is 10.6 Å². The minimum absolute atomic E-state index is 0.158. The van der Waals surface area contributed by atoms with Gasteiger partial charge in [-0.1, -0.05) is 32.0 Å². The highest BCUT2D eigenvalue weighted by Crippen LogP contribution is 2.23. The van der Waals surface area contributed by atoms with Crippen LogP contribution in [-0.4, -0.2) is 21.8 Å². The van der Waals surface area contributed by atoms with E-state index in [4.69, 9.17) is 0 Å². The topological polar surface area (TPSA) is 86.9 Å². The quantitative estimate of drug-likeness (QED) is 0.366. The van der Waals surface area contributed by atoms with Crippen molar-refractivity contribution in [1.82, 2.24) is 15.3 Å². The normalized spacial score (nSPS) is 12.1. The third-order valence-corrected chi connectivity index (χ3v) is 5.77. The molecule has 4 aromatic rings. The second kappa shape index (κ2) is 9.14. The molecule has 2 amide bonds. The minimum Gasteiger partial charge on any atom is -0.342 e. The Morgan fingerprint density at radius 1 is 1.00 bits per heavy atom. The number of nitrogens with zero attached hydrogens (tertiary/aromatic N) is 1. The third kappa shape index (κ3) is 5.00. The second-order valence-electron chi connectivity index (χ2n) is 7.80. The van der Waals surface area contributed by atoms with E-state index in [0.29, 0.717) is 22.0 Å². The van der Waals surface area contributed by atoms with Crippen LogP contribution in [0.25, 0.3) is 11.0 Å². The van der Waals surface area contributed by atoms with Gasteiger partial charge < -0.3 is 15.6 Å². The average molecular weight is 433 g/mol. The number of nitrogens with one attached hydrogen (secondary N) is 3. The summed E-state index contributed by atoms with van der Waals surface area (Å²) < 4.78 is 0. The van der Waals surface area contributed by atoms with Crippen molar-refractivity contribution in [1.29, 1.82) is 0 Å². The maximum Gasteiger partial charge on any atom is 0.265 e. The Bertz CT molecular complexity index is 1150. The van der Waals surface area contributed by atoms with Crippen LogP contribution in [0.2, 0.25) is 0 Å². The number of benzene rings is 2. The van der Waals surface area contributed by atoms with E-state index in [-0.39, 0.29) is 17.9 Å². The molecule has 1 atom stereocenters. The number of amides is 2. The molecule has 0 bridgehead atoms. The number of fused-ring (bicyclic) bond motifs is 1. The number of carbonyl (C=O) groups is 2. The van der Waals surface area contributed by atoms with E-state index < -0.39 is 0 Å². The molecule has 0 aliphatic rings. The highest BCUT2D eigenvalue weighted by atomic mass is 32.1. The lowest BCUT2D eigenvalue weighted by Crippen LogP contribution is -2.30. The van der Waals surface area contributed by atoms with Crippen LogP contribution in [0.3, 0.4) is 0 Å². The third-order valence-electron chi connectivity index (χ3n) is 4.90. The number of anilines is 1. The number of aromatic amines is 1. The van der Waals surface area contributed by atoms with Crippen molar-refractivity contribution < 1.29 is 9.59 Å². The molecule has 0 saturated heterocycles. The molecule has 0 aliphatic heterocycles. The van der Waals surface area contributed by atoms with E-state index in [2.05, 4.69) is 34.4 Å². The molecular formula is C24H24N4O2S. The van der Waals surface area contributed by atoms with Crippen molar-refractivity contribution in [3.8, 4) is 0 Å². The van der Waals surface area contributed by atoms with Gasteiger partial charge in [-0.05, 0) is 60.2 Å². The molecule has 158 valence electrons. The molecule has 6 nitrogen and oxygen atoms in total. The molecule has 0 spiro atoms. The lowest BCUT2D eigenvalue weighted by atomic mass is 10.0. The fourth-order valence-corrected chi connectivity index (χ4v) is 4.01. The van der Waals surface area contributed by atoms with Gasteiger partial charge in [0.1, 0.15) is 5.82 Å². The van der Waals surface area contributed by atoms with Crippen LogP contribution >= 0.6 is 11.3 Å². The van der Waals surface area contributed by atoms with Crippen LogP contribution in [0.4, 0.5) is 5.69 Å². The Kier molecular flexibility index (Phi) is 6.13. The number of hydrogen-bond acceptors (Lipinski definition) is 4. The summed E-state index contributed by atoms with van der Waals surface area (Å²) in [6, 6.07) is 18.1. The van der Waals surface area contributed by atoms with Crippen molar-refractivity contribution in [2.24, 2.45) is 5.92 Å². The first-order valence-corrected chi connectivity index (χ1v) is 11.1. The molecule has 3 N–H and O–H groups in total. The van der Waals surface area contributed by atoms with Gasteiger partial charge in [-0.3, -0.25) is 9.59 Å². The van der Waals surface area contributed by atoms with Crippen LogP contribution in [0.5, 0.6) is 0 Å². The highest BCUT2D eigenvalue weighted by Gasteiger charge is 2.20. The molecule has 2 heterocycles. The predicted octanol–water partition coefficient (Wildman–Crippen LogP) is 5.39. The minimum atomic E-state index is -0.224. The molecule has 0 radical (unpaired) electrons. The van der Waals surface area contributed by atoms with Gasteiger partial charge in [0.2, 0.25) is 0 Å². The number of thiophene rings is 1. The standard InChI is InChI=1S/C24H24N4O2S/c1-15(2)14-20(22-26-18-6-3-4-7-19(18)27-22)28-23(29)16-9-11-17(12-10-16)25-24(30)21-8-5-13-31-21/h3-13,15,20H,14H2,1-2H3,(H,25,30)(H,26,27)(H,28,29). The van der Waals surface area contributed by atoms with Gasteiger partial charge in [0.15, 0.2) is 0 Å². The van der Waals surface area contributed by atoms with Gasteiger partial charge in [-0.15, -0.1) is 11.3 Å². The molecule has 7 heteroatoms. The largest absolute Gasteiger partial charge is 0.342 e. The second-order valence-corrected chi connectivity index (χ2v) is 8.75. The molecule has 1 unspecified atom stereocenters. The Balaban J connectivity index is 1.47. The molecule has 4 rings (SSSR count). The molecule has 2 aromatic carbocycles. The van der Waals surface area contributed by atoms with Crippen LogP contribution in [-0.2, 0) is 0 Å². The zero-order valence-electron chi connectivity index (χ0n) is 17.4. The van der Waals surface area contributed by atoms with Crippen LogP contribution in [0.15, 0.2) is 66.0 Å². The summed E-state index contributed by atoms with van der Waals surface area (Å²) in [4.78, 5) is 33.7. The van der Waals surface area contributed by atoms with Gasteiger partial charge in [0, 0.05) is 11.3 Å². The van der Waals surface area contributed by atoms with Gasteiger partial charge >= 0.3 is 0 Å². The van der Waals surface area contributed by atoms with E-state index >= 15 is 0 Å². The van der Waals surface area contributed by atoms with Crippen molar-refractivity contribution in [3.63, 3.8) is 0 Å². The Hall–Kier alpha value is -3.45. The molecular weight excluding hydrogens is 408 g/mol. The fourth-order valence-electron chi connectivity index (χ4n) is 3.39. The molecule has 0 saturated carbocycles. The summed E-state index contributed by atoms with van der Waals surface area (Å²) in [5, 5.41) is 7.81. The number of carbonyl (C=O) groups excluding carboxylic acids is 2. The number of para-hydroxylation sites is 2. The first kappa shape index (κ1) is 20.8. The lowest BCUT2D eigenvalue weighted by molar-refractivity contribution is 0.0929. The van der Waals surface area contributed by atoms with Crippen molar-refractivity contribution in [2.45, 2.75) is 26.3 Å². The lowest BCUT2D eigenvalue weighted by Gasteiger charge is -2.19. The van der Waals surface area contributed by atoms with Gasteiger partial charge in [-0.2, -0.15) is 0 Å². The van der Waals surface area contributed by atoms with Gasteiger partial charge in [0.25, 0.3) is 11.8 Å². The Morgan fingerprint density at radius 2 is 1.77 bits per heavy atom. The SMILES string of the molecule is CC(C)CC(NC(=O)c1ccc(NC(=O)c2cccs2)cc1)c1nc2ccccc2[nH]1. The smallest absolute Gasteiger partial charge is 0.265 e. The summed E-state index contributed by atoms with van der Waals surface area (Å²) in [6.45, 7) is 4.24. The Morgan fingerprint density at radius 3 is 2.45 bits per heavy atom. The first-order valence-electron chi connectivity index (χ1n) is 10.2. The average Bonchev–Trinajstić information content (AvgIpc) is 3.43. The first-order chi connectivity index (χ1) is 15.0. The van der Waals surface area contributed by atoms with Crippen molar-refractivity contribution in [3.05, 3.63) is 82.3 Å². The number of aromatic nitrogens is 2. The van der Waals surface area contributed by atoms with E-state index in [1.165, 1.54) is 11.3 Å². The van der Waals surface area contributed by atoms with Gasteiger partial charge in [-0.25, -0.2) is 4.98 Å². The number of imidazole rings is 1. The molecule has 31 heavy (non-hydrogen) atoms. The Labute approximate surface area is 184 Å². The summed E-state index contributed by atoms with van der Waals surface area (Å²) in [7, 11) is 0. The van der Waals surface area contributed by atoms with E-state index in [1.807, 2.05) is 35.7 Å². The zero-order valence-corrected chi connectivity index (χ0v) is 18.2. The summed E-state index contributed by atoms with van der Waals surface area (Å²) in [6.07, 6.45) is 0.764. The maximum atomic E-state index is 12.9. The molecule has 0 aliphatic carbocycles. The monoisotopic (exact) mass is 432 g/mol. The summed E-state index contributed by atoms with van der Waals surface area (Å²) in [5.41, 5.74) is 3.00. The molecule has 2 aromatic heterocycles. The van der Waals surface area contributed by atoms with Crippen molar-refractivity contribution >= 4 is 39.9 Å². The summed E-state index contributed by atoms with van der Waals surface area (Å²) >= 11 is 1.38. The van der Waals surface area contributed by atoms with E-state index in [1.54, 1.807) is 30.3 Å². The zero-order chi connectivity index (χ0) is 21.8. The molecule has 0 fully saturated rings. The van der Waals surface area contributed by atoms with E-state index in [9.17, 15) is 9.59 Å². The predicted molar refractivity (Wildman–Crippen MR) is 124 cm³/mol. The highest BCUT2D eigenvalue weighted by molar-refractivity contribution is 7.12. The van der Waals surface area contributed by atoms with Crippen molar-refractivity contribution in [2.75, 3.05) is 5.32 Å². The fraction of sp³-hybridized carbons (Fsp3) is 0.208. The number of rotatable bonds is 7. The van der Waals surface area contributed by atoms with Crippen LogP contribution in [0, 0.1) is 5.92 Å². The van der Waals surface area contributed by atoms with Gasteiger partial charge in [0.05, 0.1) is 22.0 Å².